The molecular formula is C12H18ClFN2O. The molecule has 0 amide bonds. The van der Waals surface area contributed by atoms with Crippen LogP contribution in [0.4, 0.5) is 10.2 Å². The molecule has 0 aliphatic heterocycles. The molecule has 1 aromatic rings. The van der Waals surface area contributed by atoms with Gasteiger partial charge >= 0.3 is 0 Å². The number of hydrogen-bond acceptors (Lipinski definition) is 3. The molecule has 1 aromatic heterocycles. The SMILES string of the molecule is COCCC(C)(C)CNc1ncc(Cl)cc1F. The summed E-state index contributed by atoms with van der Waals surface area (Å²) in [5.41, 5.74) is 0.0176. The molecular weight excluding hydrogens is 243 g/mol. The summed E-state index contributed by atoms with van der Waals surface area (Å²) < 4.78 is 18.5. The molecule has 0 saturated carbocycles. The third kappa shape index (κ3) is 4.88. The van der Waals surface area contributed by atoms with Crippen molar-refractivity contribution in [1.82, 2.24) is 4.98 Å². The molecule has 0 bridgehead atoms. The largest absolute Gasteiger partial charge is 0.385 e. The third-order valence-corrected chi connectivity index (χ3v) is 2.73. The van der Waals surface area contributed by atoms with E-state index in [-0.39, 0.29) is 11.2 Å². The van der Waals surface area contributed by atoms with Gasteiger partial charge in [0, 0.05) is 26.5 Å². The zero-order chi connectivity index (χ0) is 12.9. The molecule has 3 nitrogen and oxygen atoms in total. The maximum atomic E-state index is 13.4. The van der Waals surface area contributed by atoms with Crippen molar-refractivity contribution in [1.29, 1.82) is 0 Å². The molecule has 0 unspecified atom stereocenters. The number of halogens is 2. The van der Waals surface area contributed by atoms with Crippen molar-refractivity contribution in [2.24, 2.45) is 5.41 Å². The Labute approximate surface area is 106 Å². The quantitative estimate of drug-likeness (QED) is 0.852. The van der Waals surface area contributed by atoms with Crippen LogP contribution in [-0.2, 0) is 4.74 Å². The number of hydrogen-bond donors (Lipinski definition) is 1. The lowest BCUT2D eigenvalue weighted by Gasteiger charge is -2.24. The predicted molar refractivity (Wildman–Crippen MR) is 68.0 cm³/mol. The highest BCUT2D eigenvalue weighted by Gasteiger charge is 2.18. The minimum Gasteiger partial charge on any atom is -0.385 e. The van der Waals surface area contributed by atoms with Gasteiger partial charge < -0.3 is 10.1 Å². The van der Waals surface area contributed by atoms with Gasteiger partial charge in [-0.3, -0.25) is 0 Å². The zero-order valence-corrected chi connectivity index (χ0v) is 11.1. The monoisotopic (exact) mass is 260 g/mol. The van der Waals surface area contributed by atoms with Crippen LogP contribution in [0.25, 0.3) is 0 Å². The Morgan fingerprint density at radius 3 is 2.82 bits per heavy atom. The maximum Gasteiger partial charge on any atom is 0.166 e. The topological polar surface area (TPSA) is 34.1 Å². The number of nitrogens with one attached hydrogen (secondary N) is 1. The van der Waals surface area contributed by atoms with E-state index in [4.69, 9.17) is 16.3 Å². The van der Waals surface area contributed by atoms with Crippen molar-refractivity contribution < 1.29 is 9.13 Å². The summed E-state index contributed by atoms with van der Waals surface area (Å²) in [6.07, 6.45) is 2.32. The lowest BCUT2D eigenvalue weighted by molar-refractivity contribution is 0.157. The van der Waals surface area contributed by atoms with E-state index >= 15 is 0 Å². The molecule has 96 valence electrons. The number of nitrogens with zero attached hydrogens (tertiary/aromatic N) is 1. The van der Waals surface area contributed by atoms with E-state index in [0.717, 1.165) is 6.42 Å². The van der Waals surface area contributed by atoms with Gasteiger partial charge in [-0.1, -0.05) is 25.4 Å². The zero-order valence-electron chi connectivity index (χ0n) is 10.4. The van der Waals surface area contributed by atoms with Crippen LogP contribution < -0.4 is 5.32 Å². The summed E-state index contributed by atoms with van der Waals surface area (Å²) in [4.78, 5) is 3.91. The summed E-state index contributed by atoms with van der Waals surface area (Å²) in [5, 5.41) is 3.29. The average molecular weight is 261 g/mol. The lowest BCUT2D eigenvalue weighted by atomic mass is 9.90. The minimum atomic E-state index is -0.431. The van der Waals surface area contributed by atoms with Crippen molar-refractivity contribution >= 4 is 17.4 Å². The molecule has 1 rings (SSSR count). The molecule has 0 aromatic carbocycles. The normalized spacial score (nSPS) is 11.6. The second kappa shape index (κ2) is 6.17. The van der Waals surface area contributed by atoms with Crippen LogP contribution in [0, 0.1) is 11.2 Å². The summed E-state index contributed by atoms with van der Waals surface area (Å²) >= 11 is 5.63. The molecule has 0 aliphatic rings. The second-order valence-corrected chi connectivity index (χ2v) is 5.18. The van der Waals surface area contributed by atoms with Gasteiger partial charge in [-0.15, -0.1) is 0 Å². The molecule has 0 aliphatic carbocycles. The Balaban J connectivity index is 2.54. The first kappa shape index (κ1) is 14.2. The van der Waals surface area contributed by atoms with Gasteiger partial charge in [0.15, 0.2) is 11.6 Å². The highest BCUT2D eigenvalue weighted by Crippen LogP contribution is 2.22. The highest BCUT2D eigenvalue weighted by molar-refractivity contribution is 6.30. The average Bonchev–Trinajstić information content (AvgIpc) is 2.25. The van der Waals surface area contributed by atoms with Gasteiger partial charge in [-0.25, -0.2) is 9.37 Å². The van der Waals surface area contributed by atoms with Gasteiger partial charge in [0.1, 0.15) is 0 Å². The van der Waals surface area contributed by atoms with E-state index in [0.29, 0.717) is 18.2 Å². The van der Waals surface area contributed by atoms with E-state index in [9.17, 15) is 4.39 Å². The van der Waals surface area contributed by atoms with E-state index in [1.54, 1.807) is 7.11 Å². The molecule has 0 fully saturated rings. The van der Waals surface area contributed by atoms with Gasteiger partial charge in [0.25, 0.3) is 0 Å². The molecule has 0 atom stereocenters. The number of aromatic nitrogens is 1. The van der Waals surface area contributed by atoms with Crippen LogP contribution in [0.3, 0.4) is 0 Å². The fourth-order valence-corrected chi connectivity index (χ4v) is 1.48. The Morgan fingerprint density at radius 1 is 1.53 bits per heavy atom. The molecule has 5 heteroatoms. The predicted octanol–water partition coefficient (Wildman–Crippen LogP) is 3.35. The Hall–Kier alpha value is -0.870. The van der Waals surface area contributed by atoms with Crippen molar-refractivity contribution in [2.45, 2.75) is 20.3 Å². The highest BCUT2D eigenvalue weighted by atomic mass is 35.5. The fraction of sp³-hybridized carbons (Fsp3) is 0.583. The Bertz CT molecular complexity index is 372. The fourth-order valence-electron chi connectivity index (χ4n) is 1.33. The number of ether oxygens (including phenoxy) is 1. The van der Waals surface area contributed by atoms with Gasteiger partial charge in [-0.2, -0.15) is 0 Å². The van der Waals surface area contributed by atoms with Crippen molar-refractivity contribution in [3.05, 3.63) is 23.1 Å². The van der Waals surface area contributed by atoms with E-state index < -0.39 is 5.82 Å². The van der Waals surface area contributed by atoms with E-state index in [1.807, 2.05) is 0 Å². The third-order valence-electron chi connectivity index (χ3n) is 2.53. The summed E-state index contributed by atoms with van der Waals surface area (Å²) in [6, 6.07) is 1.25. The first-order valence-electron chi connectivity index (χ1n) is 5.48. The molecule has 17 heavy (non-hydrogen) atoms. The van der Waals surface area contributed by atoms with Crippen molar-refractivity contribution in [3.8, 4) is 0 Å². The van der Waals surface area contributed by atoms with Gasteiger partial charge in [0.2, 0.25) is 0 Å². The van der Waals surface area contributed by atoms with E-state index in [2.05, 4.69) is 24.1 Å². The second-order valence-electron chi connectivity index (χ2n) is 4.74. The first-order valence-corrected chi connectivity index (χ1v) is 5.86. The van der Waals surface area contributed by atoms with Crippen LogP contribution in [0.5, 0.6) is 0 Å². The number of rotatable bonds is 6. The summed E-state index contributed by atoms with van der Waals surface area (Å²) in [7, 11) is 1.67. The molecule has 0 saturated heterocycles. The Kier molecular flexibility index (Phi) is 5.15. The van der Waals surface area contributed by atoms with Gasteiger partial charge in [0.05, 0.1) is 5.02 Å². The molecule has 1 N–H and O–H groups in total. The number of anilines is 1. The number of methoxy groups -OCH3 is 1. The standard InChI is InChI=1S/C12H18ClFN2O/c1-12(2,4-5-17-3)8-16-11-10(14)6-9(13)7-15-11/h6-7H,4-5,8H2,1-3H3,(H,15,16). The minimum absolute atomic E-state index is 0.0176. The number of pyridine rings is 1. The molecule has 0 radical (unpaired) electrons. The van der Waals surface area contributed by atoms with Crippen LogP contribution in [-0.4, -0.2) is 25.2 Å². The Morgan fingerprint density at radius 2 is 2.24 bits per heavy atom. The van der Waals surface area contributed by atoms with Crippen molar-refractivity contribution in [2.75, 3.05) is 25.6 Å². The van der Waals surface area contributed by atoms with Crippen LogP contribution >= 0.6 is 11.6 Å². The smallest absolute Gasteiger partial charge is 0.166 e. The molecule has 0 spiro atoms. The summed E-state index contributed by atoms with van der Waals surface area (Å²) in [5.74, 6) is -0.195. The van der Waals surface area contributed by atoms with E-state index in [1.165, 1.54) is 12.3 Å². The molecule has 1 heterocycles. The van der Waals surface area contributed by atoms with Crippen molar-refractivity contribution in [3.63, 3.8) is 0 Å². The summed E-state index contributed by atoms with van der Waals surface area (Å²) in [6.45, 7) is 5.49. The van der Waals surface area contributed by atoms with Gasteiger partial charge in [-0.05, 0) is 17.9 Å². The maximum absolute atomic E-state index is 13.4. The van der Waals surface area contributed by atoms with Crippen LogP contribution in [0.15, 0.2) is 12.3 Å². The lowest BCUT2D eigenvalue weighted by Crippen LogP contribution is -2.25. The first-order chi connectivity index (χ1) is 7.94. The van der Waals surface area contributed by atoms with Crippen LogP contribution in [0.2, 0.25) is 5.02 Å². The van der Waals surface area contributed by atoms with Crippen LogP contribution in [0.1, 0.15) is 20.3 Å².